The van der Waals surface area contributed by atoms with Crippen molar-refractivity contribution in [3.05, 3.63) is 35.6 Å². The van der Waals surface area contributed by atoms with Gasteiger partial charge in [0.25, 0.3) is 0 Å². The number of rotatable bonds is 2. The van der Waals surface area contributed by atoms with Gasteiger partial charge in [-0.25, -0.2) is 14.5 Å². The number of aliphatic hydroxyl groups excluding tert-OH is 1. The molecule has 2 aromatic heterocycles. The first-order valence-corrected chi connectivity index (χ1v) is 6.92. The zero-order valence-electron chi connectivity index (χ0n) is 11.1. The van der Waals surface area contributed by atoms with Crippen LogP contribution in [0.5, 0.6) is 0 Å². The van der Waals surface area contributed by atoms with Crippen molar-refractivity contribution in [1.82, 2.24) is 19.7 Å². The van der Waals surface area contributed by atoms with E-state index in [1.54, 1.807) is 35.5 Å². The van der Waals surface area contributed by atoms with Gasteiger partial charge in [-0.2, -0.15) is 0 Å². The molecule has 1 atom stereocenters. The lowest BCUT2D eigenvalue weighted by molar-refractivity contribution is 0.176. The molecule has 0 saturated carbocycles. The van der Waals surface area contributed by atoms with Gasteiger partial charge in [-0.3, -0.25) is 5.32 Å². The van der Waals surface area contributed by atoms with Crippen LogP contribution in [-0.2, 0) is 0 Å². The SMILES string of the molecule is O=C(Nc1ccn(-c2ncccc2Cl)n1)N1CC[C@@H](O)C1. The quantitative estimate of drug-likeness (QED) is 0.881. The van der Waals surface area contributed by atoms with Crippen molar-refractivity contribution in [2.24, 2.45) is 0 Å². The average molecular weight is 308 g/mol. The van der Waals surface area contributed by atoms with E-state index in [4.69, 9.17) is 11.6 Å². The van der Waals surface area contributed by atoms with Crippen molar-refractivity contribution in [3.63, 3.8) is 0 Å². The number of hydrogen-bond acceptors (Lipinski definition) is 4. The molecule has 1 saturated heterocycles. The molecule has 2 amide bonds. The van der Waals surface area contributed by atoms with E-state index in [9.17, 15) is 9.90 Å². The zero-order valence-corrected chi connectivity index (χ0v) is 11.9. The number of nitrogens with zero attached hydrogens (tertiary/aromatic N) is 4. The third kappa shape index (κ3) is 2.98. The first-order chi connectivity index (χ1) is 10.1. The van der Waals surface area contributed by atoms with Gasteiger partial charge in [0.2, 0.25) is 0 Å². The topological polar surface area (TPSA) is 83.3 Å². The number of amides is 2. The molecule has 3 rings (SSSR count). The largest absolute Gasteiger partial charge is 0.391 e. The van der Waals surface area contributed by atoms with Gasteiger partial charge in [-0.1, -0.05) is 11.6 Å². The maximum atomic E-state index is 12.0. The number of carbonyl (C=O) groups excluding carboxylic acids is 1. The Morgan fingerprint density at radius 2 is 2.33 bits per heavy atom. The monoisotopic (exact) mass is 307 g/mol. The Bertz CT molecular complexity index is 660. The maximum Gasteiger partial charge on any atom is 0.323 e. The molecule has 3 heterocycles. The Morgan fingerprint density at radius 3 is 3.05 bits per heavy atom. The molecule has 2 aromatic rings. The van der Waals surface area contributed by atoms with E-state index in [1.165, 1.54) is 4.68 Å². The number of hydrogen-bond donors (Lipinski definition) is 2. The Kier molecular flexibility index (Phi) is 3.76. The molecule has 1 fully saturated rings. The normalized spacial score (nSPS) is 18.0. The first-order valence-electron chi connectivity index (χ1n) is 6.54. The smallest absolute Gasteiger partial charge is 0.323 e. The van der Waals surface area contributed by atoms with Gasteiger partial charge in [0.05, 0.1) is 11.1 Å². The number of halogens is 1. The van der Waals surface area contributed by atoms with Crippen molar-refractivity contribution in [2.45, 2.75) is 12.5 Å². The van der Waals surface area contributed by atoms with Gasteiger partial charge >= 0.3 is 6.03 Å². The number of aromatic nitrogens is 3. The number of aliphatic hydroxyl groups is 1. The summed E-state index contributed by atoms with van der Waals surface area (Å²) in [5.74, 6) is 0.902. The number of pyridine rings is 1. The summed E-state index contributed by atoms with van der Waals surface area (Å²) in [6.45, 7) is 0.887. The van der Waals surface area contributed by atoms with E-state index in [0.29, 0.717) is 36.2 Å². The number of nitrogens with one attached hydrogen (secondary N) is 1. The Morgan fingerprint density at radius 1 is 1.48 bits per heavy atom. The first kappa shape index (κ1) is 13.8. The number of β-amino-alcohol motifs (C(OH)–C–C–N with tert-alkyl or cyclic N) is 1. The highest BCUT2D eigenvalue weighted by molar-refractivity contribution is 6.32. The van der Waals surface area contributed by atoms with Gasteiger partial charge in [0.1, 0.15) is 0 Å². The van der Waals surface area contributed by atoms with E-state index < -0.39 is 6.10 Å². The lowest BCUT2D eigenvalue weighted by atomic mass is 10.3. The van der Waals surface area contributed by atoms with E-state index in [1.807, 2.05) is 0 Å². The minimum Gasteiger partial charge on any atom is -0.391 e. The Hall–Kier alpha value is -2.12. The minimum absolute atomic E-state index is 0.274. The van der Waals surface area contributed by atoms with Crippen LogP contribution in [0.2, 0.25) is 5.02 Å². The van der Waals surface area contributed by atoms with Gasteiger partial charge < -0.3 is 10.0 Å². The molecule has 0 spiro atoms. The van der Waals surface area contributed by atoms with Gasteiger partial charge in [0, 0.05) is 31.5 Å². The molecule has 110 valence electrons. The Balaban J connectivity index is 1.71. The van der Waals surface area contributed by atoms with Crippen LogP contribution in [0.15, 0.2) is 30.6 Å². The van der Waals surface area contributed by atoms with E-state index in [2.05, 4.69) is 15.4 Å². The van der Waals surface area contributed by atoms with Crippen molar-refractivity contribution < 1.29 is 9.90 Å². The van der Waals surface area contributed by atoms with E-state index in [-0.39, 0.29) is 6.03 Å². The summed E-state index contributed by atoms with van der Waals surface area (Å²) in [5, 5.41) is 16.8. The molecular weight excluding hydrogens is 294 g/mol. The van der Waals surface area contributed by atoms with Crippen LogP contribution in [-0.4, -0.2) is 50.0 Å². The van der Waals surface area contributed by atoms with Crippen molar-refractivity contribution >= 4 is 23.4 Å². The summed E-state index contributed by atoms with van der Waals surface area (Å²) < 4.78 is 1.50. The summed E-state index contributed by atoms with van der Waals surface area (Å²) in [4.78, 5) is 17.7. The number of urea groups is 1. The lowest BCUT2D eigenvalue weighted by Crippen LogP contribution is -2.33. The highest BCUT2D eigenvalue weighted by atomic mass is 35.5. The molecule has 0 bridgehead atoms. The summed E-state index contributed by atoms with van der Waals surface area (Å²) in [5.41, 5.74) is 0. The summed E-state index contributed by atoms with van der Waals surface area (Å²) >= 11 is 6.05. The van der Waals surface area contributed by atoms with Crippen molar-refractivity contribution in [1.29, 1.82) is 0 Å². The second kappa shape index (κ2) is 5.71. The standard InChI is InChI=1S/C13H14ClN5O2/c14-10-2-1-5-15-12(10)19-7-4-11(17-19)16-13(21)18-6-3-9(20)8-18/h1-2,4-5,7,9,20H,3,6,8H2,(H,16,17,21)/t9-/m1/s1. The summed E-state index contributed by atoms with van der Waals surface area (Å²) in [6.07, 6.45) is 3.45. The summed E-state index contributed by atoms with van der Waals surface area (Å²) in [7, 11) is 0. The van der Waals surface area contributed by atoms with Crippen molar-refractivity contribution in [3.8, 4) is 5.82 Å². The third-order valence-electron chi connectivity index (χ3n) is 3.23. The fourth-order valence-electron chi connectivity index (χ4n) is 2.17. The van der Waals surface area contributed by atoms with Crippen LogP contribution in [0.3, 0.4) is 0 Å². The van der Waals surface area contributed by atoms with Crippen LogP contribution < -0.4 is 5.32 Å². The molecule has 0 unspecified atom stereocenters. The molecular formula is C13H14ClN5O2. The summed E-state index contributed by atoms with van der Waals surface area (Å²) in [6, 6.07) is 4.84. The minimum atomic E-state index is -0.444. The molecule has 7 nitrogen and oxygen atoms in total. The predicted molar refractivity (Wildman–Crippen MR) is 77.6 cm³/mol. The zero-order chi connectivity index (χ0) is 14.8. The van der Waals surface area contributed by atoms with Crippen LogP contribution >= 0.6 is 11.6 Å². The second-order valence-corrected chi connectivity index (χ2v) is 5.18. The van der Waals surface area contributed by atoms with E-state index in [0.717, 1.165) is 0 Å². The molecule has 21 heavy (non-hydrogen) atoms. The Labute approximate surface area is 126 Å². The number of likely N-dealkylation sites (tertiary alicyclic amines) is 1. The molecule has 1 aliphatic rings. The predicted octanol–water partition coefficient (Wildman–Crippen LogP) is 1.52. The fraction of sp³-hybridized carbons (Fsp3) is 0.308. The van der Waals surface area contributed by atoms with Gasteiger partial charge in [0.15, 0.2) is 11.6 Å². The molecule has 0 aliphatic carbocycles. The molecule has 0 aromatic carbocycles. The van der Waals surface area contributed by atoms with Crippen LogP contribution in [0.4, 0.5) is 10.6 Å². The van der Waals surface area contributed by atoms with Crippen molar-refractivity contribution in [2.75, 3.05) is 18.4 Å². The highest BCUT2D eigenvalue weighted by Gasteiger charge is 2.24. The third-order valence-corrected chi connectivity index (χ3v) is 3.53. The molecule has 1 aliphatic heterocycles. The second-order valence-electron chi connectivity index (χ2n) is 4.77. The van der Waals surface area contributed by atoms with Crippen LogP contribution in [0.1, 0.15) is 6.42 Å². The number of carbonyl (C=O) groups is 1. The van der Waals surface area contributed by atoms with Crippen LogP contribution in [0, 0.1) is 0 Å². The molecule has 8 heteroatoms. The highest BCUT2D eigenvalue weighted by Crippen LogP contribution is 2.18. The molecule has 2 N–H and O–H groups in total. The average Bonchev–Trinajstić information content (AvgIpc) is 3.08. The maximum absolute atomic E-state index is 12.0. The number of anilines is 1. The molecule has 0 radical (unpaired) electrons. The van der Waals surface area contributed by atoms with E-state index >= 15 is 0 Å². The van der Waals surface area contributed by atoms with Gasteiger partial charge in [-0.15, -0.1) is 5.10 Å². The van der Waals surface area contributed by atoms with Gasteiger partial charge in [-0.05, 0) is 18.6 Å². The fourth-order valence-corrected chi connectivity index (χ4v) is 2.38. The lowest BCUT2D eigenvalue weighted by Gasteiger charge is -2.15. The van der Waals surface area contributed by atoms with Crippen LogP contribution in [0.25, 0.3) is 5.82 Å².